The molecule has 124 valence electrons. The maximum atomic E-state index is 12.2. The lowest BCUT2D eigenvalue weighted by atomic mass is 10.1. The zero-order valence-corrected chi connectivity index (χ0v) is 13.5. The first kappa shape index (κ1) is 14.3. The second-order valence-corrected chi connectivity index (χ2v) is 6.66. The van der Waals surface area contributed by atoms with Crippen LogP contribution in [0.5, 0.6) is 5.75 Å². The van der Waals surface area contributed by atoms with Gasteiger partial charge in [-0.25, -0.2) is 5.43 Å². The molecule has 1 aromatic heterocycles. The number of aromatic amines is 1. The fourth-order valence-corrected chi connectivity index (χ4v) is 3.60. The van der Waals surface area contributed by atoms with E-state index in [4.69, 9.17) is 4.74 Å². The van der Waals surface area contributed by atoms with E-state index in [1.165, 1.54) is 5.56 Å². The van der Waals surface area contributed by atoms with Crippen molar-refractivity contribution in [1.82, 2.24) is 10.4 Å². The Labute approximate surface area is 144 Å². The van der Waals surface area contributed by atoms with Crippen molar-refractivity contribution in [3.63, 3.8) is 0 Å². The molecule has 0 saturated heterocycles. The summed E-state index contributed by atoms with van der Waals surface area (Å²) in [5, 5.41) is 4.82. The molecule has 2 aromatic carbocycles. The van der Waals surface area contributed by atoms with E-state index >= 15 is 0 Å². The fraction of sp³-hybridized carbons (Fsp3) is 0.200. The average molecular weight is 331 g/mol. The van der Waals surface area contributed by atoms with Crippen LogP contribution in [0.15, 0.2) is 53.8 Å². The summed E-state index contributed by atoms with van der Waals surface area (Å²) >= 11 is 0. The molecule has 1 amide bonds. The average Bonchev–Trinajstić information content (AvgIpc) is 3.35. The second-order valence-electron chi connectivity index (χ2n) is 6.66. The second kappa shape index (κ2) is 5.48. The molecule has 1 aliphatic carbocycles. The molecule has 1 fully saturated rings. The molecule has 1 aliphatic heterocycles. The van der Waals surface area contributed by atoms with Crippen molar-refractivity contribution >= 4 is 23.0 Å². The van der Waals surface area contributed by atoms with Gasteiger partial charge < -0.3 is 9.72 Å². The Morgan fingerprint density at radius 1 is 1.20 bits per heavy atom. The largest absolute Gasteiger partial charge is 0.493 e. The van der Waals surface area contributed by atoms with Gasteiger partial charge in [0.15, 0.2) is 0 Å². The summed E-state index contributed by atoms with van der Waals surface area (Å²) in [6.07, 6.45) is 4.66. The van der Waals surface area contributed by atoms with Crippen LogP contribution in [0, 0.1) is 5.92 Å². The highest BCUT2D eigenvalue weighted by atomic mass is 16.5. The van der Waals surface area contributed by atoms with Crippen molar-refractivity contribution < 1.29 is 9.53 Å². The van der Waals surface area contributed by atoms with Crippen LogP contribution in [-0.4, -0.2) is 23.7 Å². The Morgan fingerprint density at radius 3 is 2.96 bits per heavy atom. The van der Waals surface area contributed by atoms with Crippen molar-refractivity contribution in [2.45, 2.75) is 12.3 Å². The summed E-state index contributed by atoms with van der Waals surface area (Å²) in [5.41, 5.74) is 6.30. The fourth-order valence-electron chi connectivity index (χ4n) is 3.60. The number of hydrogen-bond donors (Lipinski definition) is 2. The van der Waals surface area contributed by atoms with Gasteiger partial charge in [0.1, 0.15) is 5.75 Å². The molecular formula is C20H17N3O2. The first-order valence-corrected chi connectivity index (χ1v) is 8.46. The maximum absolute atomic E-state index is 12.2. The van der Waals surface area contributed by atoms with Gasteiger partial charge >= 0.3 is 0 Å². The van der Waals surface area contributed by atoms with E-state index in [0.717, 1.165) is 22.9 Å². The highest BCUT2D eigenvalue weighted by Crippen LogP contribution is 2.47. The van der Waals surface area contributed by atoms with Crippen LogP contribution in [0.25, 0.3) is 10.9 Å². The third kappa shape index (κ3) is 2.48. The van der Waals surface area contributed by atoms with E-state index < -0.39 is 0 Å². The van der Waals surface area contributed by atoms with Gasteiger partial charge in [0.25, 0.3) is 5.91 Å². The minimum Gasteiger partial charge on any atom is -0.493 e. The number of aromatic nitrogens is 1. The number of ether oxygens (including phenoxy) is 1. The smallest absolute Gasteiger partial charge is 0.272 e. The van der Waals surface area contributed by atoms with Crippen LogP contribution in [0.4, 0.5) is 0 Å². The van der Waals surface area contributed by atoms with Crippen LogP contribution in [-0.2, 0) is 0 Å². The van der Waals surface area contributed by atoms with Crippen LogP contribution in [0.1, 0.15) is 33.8 Å². The number of benzene rings is 2. The van der Waals surface area contributed by atoms with Gasteiger partial charge in [-0.2, -0.15) is 5.10 Å². The van der Waals surface area contributed by atoms with E-state index in [1.807, 2.05) is 24.4 Å². The molecule has 25 heavy (non-hydrogen) atoms. The van der Waals surface area contributed by atoms with Gasteiger partial charge in [-0.15, -0.1) is 0 Å². The summed E-state index contributed by atoms with van der Waals surface area (Å²) in [7, 11) is 0. The molecule has 1 saturated carbocycles. The topological polar surface area (TPSA) is 66.5 Å². The minimum atomic E-state index is -0.210. The van der Waals surface area contributed by atoms with E-state index in [1.54, 1.807) is 6.21 Å². The SMILES string of the molecule is O=C1NN=Cc2c[nH]c3cc(OCC4CC4c4ccccc4)cc1c23. The summed E-state index contributed by atoms with van der Waals surface area (Å²) in [6.45, 7) is 0.663. The van der Waals surface area contributed by atoms with Gasteiger partial charge in [0, 0.05) is 29.1 Å². The number of carbonyl (C=O) groups excluding carboxylic acids is 1. The van der Waals surface area contributed by atoms with Crippen LogP contribution in [0.3, 0.4) is 0 Å². The Balaban J connectivity index is 1.36. The van der Waals surface area contributed by atoms with Crippen molar-refractivity contribution in [1.29, 1.82) is 0 Å². The summed E-state index contributed by atoms with van der Waals surface area (Å²) < 4.78 is 6.01. The van der Waals surface area contributed by atoms with Crippen LogP contribution in [0.2, 0.25) is 0 Å². The number of hydrazone groups is 1. The molecule has 5 nitrogen and oxygen atoms in total. The molecule has 2 unspecified atom stereocenters. The monoisotopic (exact) mass is 331 g/mol. The Kier molecular flexibility index (Phi) is 3.13. The molecule has 0 radical (unpaired) electrons. The van der Waals surface area contributed by atoms with Crippen molar-refractivity contribution in [2.24, 2.45) is 11.0 Å². The first-order chi connectivity index (χ1) is 12.3. The third-order valence-electron chi connectivity index (χ3n) is 5.01. The standard InChI is InChI=1S/C20H17N3O2/c24-20-17-7-15(8-18-19(17)14(9-21-18)10-22-23-20)25-11-13-6-16(13)12-4-2-1-3-5-12/h1-5,7-10,13,16,21H,6,11H2,(H,23,24). The molecule has 3 aromatic rings. The Bertz CT molecular complexity index is 991. The number of amides is 1. The summed E-state index contributed by atoms with van der Waals surface area (Å²) in [4.78, 5) is 15.4. The molecule has 0 bridgehead atoms. The molecule has 5 heteroatoms. The molecular weight excluding hydrogens is 314 g/mol. The van der Waals surface area contributed by atoms with Gasteiger partial charge in [0.05, 0.1) is 23.9 Å². The number of nitrogens with zero attached hydrogens (tertiary/aromatic N) is 1. The quantitative estimate of drug-likeness (QED) is 0.769. The number of H-pyrrole nitrogens is 1. The van der Waals surface area contributed by atoms with E-state index in [9.17, 15) is 4.79 Å². The lowest BCUT2D eigenvalue weighted by Gasteiger charge is -2.09. The van der Waals surface area contributed by atoms with Crippen molar-refractivity contribution in [3.8, 4) is 5.75 Å². The molecule has 5 rings (SSSR count). The highest BCUT2D eigenvalue weighted by Gasteiger charge is 2.38. The van der Waals surface area contributed by atoms with Crippen molar-refractivity contribution in [2.75, 3.05) is 6.61 Å². The van der Waals surface area contributed by atoms with Gasteiger partial charge in [-0.1, -0.05) is 30.3 Å². The Hall–Kier alpha value is -3.08. The number of nitrogens with one attached hydrogen (secondary N) is 2. The zero-order chi connectivity index (χ0) is 16.8. The van der Waals surface area contributed by atoms with E-state index in [-0.39, 0.29) is 5.91 Å². The summed E-state index contributed by atoms with van der Waals surface area (Å²) in [6, 6.07) is 14.3. The molecule has 2 heterocycles. The van der Waals surface area contributed by atoms with Crippen molar-refractivity contribution in [3.05, 3.63) is 65.4 Å². The van der Waals surface area contributed by atoms with E-state index in [0.29, 0.717) is 29.8 Å². The maximum Gasteiger partial charge on any atom is 0.272 e. The van der Waals surface area contributed by atoms with Gasteiger partial charge in [0.2, 0.25) is 0 Å². The highest BCUT2D eigenvalue weighted by molar-refractivity contribution is 6.14. The number of carbonyl (C=O) groups is 1. The first-order valence-electron chi connectivity index (χ1n) is 8.46. The van der Waals surface area contributed by atoms with Crippen LogP contribution >= 0.6 is 0 Å². The van der Waals surface area contributed by atoms with Gasteiger partial charge in [-0.3, -0.25) is 4.79 Å². The predicted octanol–water partition coefficient (Wildman–Crippen LogP) is 3.43. The third-order valence-corrected chi connectivity index (χ3v) is 5.01. The molecule has 2 atom stereocenters. The van der Waals surface area contributed by atoms with Crippen LogP contribution < -0.4 is 10.2 Å². The predicted molar refractivity (Wildman–Crippen MR) is 96.1 cm³/mol. The minimum absolute atomic E-state index is 0.210. The van der Waals surface area contributed by atoms with E-state index in [2.05, 4.69) is 39.8 Å². The molecule has 0 spiro atoms. The lowest BCUT2D eigenvalue weighted by molar-refractivity contribution is 0.0957. The zero-order valence-electron chi connectivity index (χ0n) is 13.5. The van der Waals surface area contributed by atoms with Gasteiger partial charge in [-0.05, 0) is 24.0 Å². The molecule has 2 aliphatic rings. The Morgan fingerprint density at radius 2 is 2.08 bits per heavy atom. The summed E-state index contributed by atoms with van der Waals surface area (Å²) in [5.74, 6) is 1.62. The number of hydrogen-bond acceptors (Lipinski definition) is 3. The number of rotatable bonds is 4. The lowest BCUT2D eigenvalue weighted by Crippen LogP contribution is -2.16. The molecule has 2 N–H and O–H groups in total. The normalized spacial score (nSPS) is 21.0.